The van der Waals surface area contributed by atoms with Crippen LogP contribution in [0.2, 0.25) is 5.02 Å². The second-order valence-corrected chi connectivity index (χ2v) is 6.52. The van der Waals surface area contributed by atoms with E-state index < -0.39 is 0 Å². The number of benzene rings is 2. The Morgan fingerprint density at radius 1 is 1.04 bits per heavy atom. The molecule has 0 aromatic heterocycles. The predicted molar refractivity (Wildman–Crippen MR) is 95.5 cm³/mol. The molecular formula is C18H17BrClNO2. The molecule has 0 aliphatic rings. The quantitative estimate of drug-likeness (QED) is 0.641. The Balaban J connectivity index is 2.02. The van der Waals surface area contributed by atoms with Crippen LogP contribution in [0.5, 0.6) is 11.5 Å². The number of rotatable bonds is 5. The van der Waals surface area contributed by atoms with Gasteiger partial charge in [0.25, 0.3) is 0 Å². The van der Waals surface area contributed by atoms with Gasteiger partial charge < -0.3 is 9.47 Å². The average molecular weight is 395 g/mol. The minimum atomic E-state index is 0.335. The summed E-state index contributed by atoms with van der Waals surface area (Å²) in [5.74, 6) is 1.38. The van der Waals surface area contributed by atoms with Crippen molar-refractivity contribution in [2.75, 3.05) is 13.2 Å². The van der Waals surface area contributed by atoms with Crippen LogP contribution in [0.4, 0.5) is 0 Å². The number of aryl methyl sites for hydroxylation is 2. The van der Waals surface area contributed by atoms with E-state index >= 15 is 0 Å². The number of ether oxygens (including phenoxy) is 2. The summed E-state index contributed by atoms with van der Waals surface area (Å²) < 4.78 is 12.2. The van der Waals surface area contributed by atoms with Gasteiger partial charge in [-0.1, -0.05) is 23.7 Å². The Morgan fingerprint density at radius 2 is 1.65 bits per heavy atom. The zero-order valence-corrected chi connectivity index (χ0v) is 15.6. The first kappa shape index (κ1) is 17.7. The third-order valence-corrected chi connectivity index (χ3v) is 4.39. The van der Waals surface area contributed by atoms with Crippen LogP contribution >= 0.6 is 27.5 Å². The van der Waals surface area contributed by atoms with Gasteiger partial charge in [-0.15, -0.1) is 0 Å². The summed E-state index contributed by atoms with van der Waals surface area (Å²) in [7, 11) is 0. The van der Waals surface area contributed by atoms with Crippen molar-refractivity contribution in [3.8, 4) is 17.6 Å². The zero-order chi connectivity index (χ0) is 17.0. The van der Waals surface area contributed by atoms with Crippen LogP contribution in [0.25, 0.3) is 0 Å². The van der Waals surface area contributed by atoms with E-state index in [4.69, 9.17) is 26.3 Å². The maximum Gasteiger partial charge on any atom is 0.151 e. The van der Waals surface area contributed by atoms with Crippen molar-refractivity contribution in [3.63, 3.8) is 0 Å². The summed E-state index contributed by atoms with van der Waals surface area (Å²) in [6.07, 6.45) is 0. The summed E-state index contributed by atoms with van der Waals surface area (Å²) in [5, 5.41) is 9.65. The molecule has 0 aliphatic heterocycles. The van der Waals surface area contributed by atoms with Crippen molar-refractivity contribution in [2.45, 2.75) is 20.8 Å². The number of nitriles is 1. The SMILES string of the molecule is Cc1ccc(C)c(OCCOc2c(Br)cc(Cl)cc2C#N)c1C. The molecule has 0 unspecified atom stereocenters. The van der Waals surface area contributed by atoms with Gasteiger partial charge in [0.1, 0.15) is 25.0 Å². The lowest BCUT2D eigenvalue weighted by atomic mass is 10.1. The van der Waals surface area contributed by atoms with Gasteiger partial charge in [0, 0.05) is 5.02 Å². The Morgan fingerprint density at radius 3 is 2.30 bits per heavy atom. The molecular weight excluding hydrogens is 378 g/mol. The van der Waals surface area contributed by atoms with E-state index in [-0.39, 0.29) is 0 Å². The van der Waals surface area contributed by atoms with Crippen LogP contribution in [-0.4, -0.2) is 13.2 Å². The first-order chi connectivity index (χ1) is 10.9. The fourth-order valence-electron chi connectivity index (χ4n) is 2.23. The van der Waals surface area contributed by atoms with E-state index in [1.54, 1.807) is 12.1 Å². The Labute approximate surface area is 149 Å². The maximum atomic E-state index is 9.16. The molecule has 0 saturated carbocycles. The molecule has 0 aliphatic carbocycles. The molecule has 0 N–H and O–H groups in total. The predicted octanol–water partition coefficient (Wildman–Crippen LogP) is 5.36. The number of hydrogen-bond donors (Lipinski definition) is 0. The van der Waals surface area contributed by atoms with Gasteiger partial charge in [-0.2, -0.15) is 5.26 Å². The van der Waals surface area contributed by atoms with Gasteiger partial charge in [0.15, 0.2) is 5.75 Å². The van der Waals surface area contributed by atoms with Gasteiger partial charge in [-0.05, 0) is 65.5 Å². The minimum Gasteiger partial charge on any atom is -0.489 e. The Kier molecular flexibility index (Phi) is 5.92. The molecule has 0 atom stereocenters. The highest BCUT2D eigenvalue weighted by Crippen LogP contribution is 2.32. The molecule has 0 fully saturated rings. The second-order valence-electron chi connectivity index (χ2n) is 5.23. The van der Waals surface area contributed by atoms with Gasteiger partial charge >= 0.3 is 0 Å². The smallest absolute Gasteiger partial charge is 0.151 e. The van der Waals surface area contributed by atoms with Gasteiger partial charge in [0.2, 0.25) is 0 Å². The summed E-state index contributed by atoms with van der Waals surface area (Å²) in [4.78, 5) is 0. The lowest BCUT2D eigenvalue weighted by Gasteiger charge is -2.15. The van der Waals surface area contributed by atoms with E-state index in [9.17, 15) is 0 Å². The number of halogens is 2. The van der Waals surface area contributed by atoms with Crippen LogP contribution < -0.4 is 9.47 Å². The molecule has 2 aromatic rings. The van der Waals surface area contributed by atoms with Gasteiger partial charge in [-0.25, -0.2) is 0 Å². The highest BCUT2D eigenvalue weighted by molar-refractivity contribution is 9.10. The first-order valence-corrected chi connectivity index (χ1v) is 8.32. The summed E-state index contributed by atoms with van der Waals surface area (Å²) in [6.45, 7) is 6.85. The maximum absolute atomic E-state index is 9.16. The molecule has 0 heterocycles. The normalized spacial score (nSPS) is 10.3. The van der Waals surface area contributed by atoms with Crippen LogP contribution in [-0.2, 0) is 0 Å². The van der Waals surface area contributed by atoms with Crippen LogP contribution in [0, 0.1) is 32.1 Å². The molecule has 120 valence electrons. The molecule has 2 aromatic carbocycles. The van der Waals surface area contributed by atoms with Gasteiger partial charge in [0.05, 0.1) is 10.0 Å². The topological polar surface area (TPSA) is 42.2 Å². The number of hydrogen-bond acceptors (Lipinski definition) is 3. The summed E-state index contributed by atoms with van der Waals surface area (Å²) in [6, 6.07) is 9.49. The fraction of sp³-hybridized carbons (Fsp3) is 0.278. The minimum absolute atomic E-state index is 0.335. The van der Waals surface area contributed by atoms with E-state index in [1.807, 2.05) is 19.9 Å². The zero-order valence-electron chi connectivity index (χ0n) is 13.2. The standard InChI is InChI=1S/C18H17BrClNO2/c1-11-4-5-12(2)17(13(11)3)22-6-7-23-18-14(10-21)8-15(20)9-16(18)19/h4-5,8-9H,6-7H2,1-3H3. The van der Waals surface area contributed by atoms with Crippen molar-refractivity contribution >= 4 is 27.5 Å². The van der Waals surface area contributed by atoms with E-state index in [1.165, 1.54) is 5.56 Å². The van der Waals surface area contributed by atoms with Crippen molar-refractivity contribution in [1.29, 1.82) is 5.26 Å². The van der Waals surface area contributed by atoms with Crippen molar-refractivity contribution < 1.29 is 9.47 Å². The summed E-state index contributed by atoms with van der Waals surface area (Å²) in [5.41, 5.74) is 3.82. The molecule has 0 amide bonds. The molecule has 3 nitrogen and oxygen atoms in total. The molecule has 0 radical (unpaired) electrons. The molecule has 2 rings (SSSR count). The van der Waals surface area contributed by atoms with Crippen LogP contribution in [0.3, 0.4) is 0 Å². The lowest BCUT2D eigenvalue weighted by molar-refractivity contribution is 0.214. The largest absolute Gasteiger partial charge is 0.489 e. The highest BCUT2D eigenvalue weighted by atomic mass is 79.9. The first-order valence-electron chi connectivity index (χ1n) is 7.15. The fourth-order valence-corrected chi connectivity index (χ4v) is 3.15. The van der Waals surface area contributed by atoms with E-state index in [2.05, 4.69) is 35.0 Å². The third-order valence-electron chi connectivity index (χ3n) is 3.58. The van der Waals surface area contributed by atoms with E-state index in [0.717, 1.165) is 16.9 Å². The second kappa shape index (κ2) is 7.72. The average Bonchev–Trinajstić information content (AvgIpc) is 2.51. The Bertz CT molecular complexity index is 769. The van der Waals surface area contributed by atoms with Crippen molar-refractivity contribution in [1.82, 2.24) is 0 Å². The van der Waals surface area contributed by atoms with Gasteiger partial charge in [-0.3, -0.25) is 0 Å². The third kappa shape index (κ3) is 4.19. The molecule has 5 heteroatoms. The van der Waals surface area contributed by atoms with Crippen molar-refractivity contribution in [3.05, 3.63) is 56.0 Å². The highest BCUT2D eigenvalue weighted by Gasteiger charge is 2.11. The summed E-state index contributed by atoms with van der Waals surface area (Å²) >= 11 is 9.30. The number of nitrogens with zero attached hydrogens (tertiary/aromatic N) is 1. The van der Waals surface area contributed by atoms with Crippen molar-refractivity contribution in [2.24, 2.45) is 0 Å². The molecule has 0 spiro atoms. The van der Waals surface area contributed by atoms with Crippen LogP contribution in [0.1, 0.15) is 22.3 Å². The van der Waals surface area contributed by atoms with E-state index in [0.29, 0.717) is 34.0 Å². The molecule has 23 heavy (non-hydrogen) atoms. The molecule has 0 saturated heterocycles. The monoisotopic (exact) mass is 393 g/mol. The van der Waals surface area contributed by atoms with Crippen LogP contribution in [0.15, 0.2) is 28.7 Å². The Hall–Kier alpha value is -1.70. The lowest BCUT2D eigenvalue weighted by Crippen LogP contribution is -2.11. The molecule has 0 bridgehead atoms.